The Kier molecular flexibility index (Phi) is 7.03. The van der Waals surface area contributed by atoms with Gasteiger partial charge in [0.25, 0.3) is 0 Å². The van der Waals surface area contributed by atoms with Gasteiger partial charge in [0.05, 0.1) is 27.6 Å². The number of hydrogen-bond donors (Lipinski definition) is 0. The molecule has 63 heavy (non-hydrogen) atoms. The SMILES string of the molecule is c1ccc(-c2ccc3c4ccc(-c5ccccc5)cc4n(-c4cccc5c4-c4ccccc4C54c5ccccc5C5(c6ccccc6-c6ccccc65)c5ccccc54)c3c2)cc1. The van der Waals surface area contributed by atoms with Crippen molar-refractivity contribution < 1.29 is 0 Å². The maximum absolute atomic E-state index is 2.57. The van der Waals surface area contributed by atoms with E-state index in [2.05, 4.69) is 241 Å². The Morgan fingerprint density at radius 3 is 1.10 bits per heavy atom. The standard InChI is InChI=1S/C62H39N/c1-3-18-40(19-4-1)42-34-36-46-47-37-35-43(41-20-5-2-6-21-41)39-59(47)63(58(46)38-42)57-33-17-32-56-60(57)48-24-9-12-27-51(48)62(56)54-30-15-13-28-52(54)61(53-29-14-16-31-55(53)62)49-25-10-7-22-44(49)45-23-8-11-26-50(45)61/h1-39H. The molecule has 0 amide bonds. The number of fused-ring (bicyclic) bond motifs is 19. The van der Waals surface area contributed by atoms with Gasteiger partial charge in [-0.15, -0.1) is 0 Å². The van der Waals surface area contributed by atoms with Gasteiger partial charge >= 0.3 is 0 Å². The second-order valence-corrected chi connectivity index (χ2v) is 17.5. The first-order valence-electron chi connectivity index (χ1n) is 22.1. The third-order valence-electron chi connectivity index (χ3n) is 14.7. The van der Waals surface area contributed by atoms with Crippen LogP contribution in [0.15, 0.2) is 237 Å². The predicted octanol–water partition coefficient (Wildman–Crippen LogP) is 15.2. The normalized spacial score (nSPS) is 14.3. The van der Waals surface area contributed by atoms with Crippen molar-refractivity contribution in [2.24, 2.45) is 0 Å². The topological polar surface area (TPSA) is 4.93 Å². The van der Waals surface area contributed by atoms with Crippen molar-refractivity contribution in [3.05, 3.63) is 281 Å². The van der Waals surface area contributed by atoms with Crippen molar-refractivity contribution in [1.29, 1.82) is 0 Å². The van der Waals surface area contributed by atoms with E-state index in [1.54, 1.807) is 0 Å². The van der Waals surface area contributed by atoms with Crippen molar-refractivity contribution >= 4 is 21.8 Å². The van der Waals surface area contributed by atoms with E-state index >= 15 is 0 Å². The first kappa shape index (κ1) is 34.7. The summed E-state index contributed by atoms with van der Waals surface area (Å²) in [4.78, 5) is 0. The molecule has 0 fully saturated rings. The Bertz CT molecular complexity index is 3490. The Hall–Kier alpha value is -8.00. The lowest BCUT2D eigenvalue weighted by Crippen LogP contribution is -2.43. The summed E-state index contributed by atoms with van der Waals surface area (Å²) < 4.78 is 2.57. The van der Waals surface area contributed by atoms with Crippen LogP contribution in [-0.4, -0.2) is 4.57 Å². The van der Waals surface area contributed by atoms with Gasteiger partial charge in [-0.1, -0.05) is 218 Å². The predicted molar refractivity (Wildman–Crippen MR) is 260 cm³/mol. The lowest BCUT2D eigenvalue weighted by atomic mass is 9.52. The number of hydrogen-bond acceptors (Lipinski definition) is 0. The lowest BCUT2D eigenvalue weighted by Gasteiger charge is -2.48. The molecule has 0 bridgehead atoms. The Morgan fingerprint density at radius 1 is 0.254 bits per heavy atom. The number of benzene rings is 10. The van der Waals surface area contributed by atoms with E-state index in [1.165, 1.54) is 117 Å². The van der Waals surface area contributed by atoms with Crippen LogP contribution in [0.2, 0.25) is 0 Å². The molecule has 10 aromatic carbocycles. The molecule has 2 spiro atoms. The van der Waals surface area contributed by atoms with Crippen molar-refractivity contribution in [2.75, 3.05) is 0 Å². The third kappa shape index (κ3) is 4.36. The molecule has 292 valence electrons. The van der Waals surface area contributed by atoms with E-state index in [1.807, 2.05) is 0 Å². The molecule has 0 radical (unpaired) electrons. The highest BCUT2D eigenvalue weighted by atomic mass is 15.0. The Balaban J connectivity index is 1.12. The highest BCUT2D eigenvalue weighted by Crippen LogP contribution is 2.68. The van der Waals surface area contributed by atoms with Gasteiger partial charge in [0, 0.05) is 16.3 Å². The van der Waals surface area contributed by atoms with Gasteiger partial charge in [0.1, 0.15) is 0 Å². The minimum absolute atomic E-state index is 0.477. The maximum Gasteiger partial charge on any atom is 0.0720 e. The molecule has 0 unspecified atom stereocenters. The second-order valence-electron chi connectivity index (χ2n) is 17.5. The van der Waals surface area contributed by atoms with Gasteiger partial charge in [-0.3, -0.25) is 0 Å². The molecule has 1 heteroatoms. The van der Waals surface area contributed by atoms with Crippen molar-refractivity contribution in [3.8, 4) is 50.2 Å². The first-order valence-corrected chi connectivity index (χ1v) is 22.1. The van der Waals surface area contributed by atoms with Crippen molar-refractivity contribution in [3.63, 3.8) is 0 Å². The first-order chi connectivity index (χ1) is 31.3. The molecular weight excluding hydrogens is 759 g/mol. The van der Waals surface area contributed by atoms with Crippen molar-refractivity contribution in [2.45, 2.75) is 10.8 Å². The Morgan fingerprint density at radius 2 is 0.619 bits per heavy atom. The fraction of sp³-hybridized carbons (Fsp3) is 0.0323. The summed E-state index contributed by atoms with van der Waals surface area (Å²) in [5.41, 5.74) is 23.3. The third-order valence-corrected chi connectivity index (χ3v) is 14.7. The zero-order chi connectivity index (χ0) is 41.3. The van der Waals surface area contributed by atoms with Gasteiger partial charge in [0.15, 0.2) is 0 Å². The molecule has 0 atom stereocenters. The fourth-order valence-electron chi connectivity index (χ4n) is 12.4. The summed E-state index contributed by atoms with van der Waals surface area (Å²) in [6.07, 6.45) is 0. The van der Waals surface area contributed by atoms with Crippen LogP contribution in [0, 0.1) is 0 Å². The van der Waals surface area contributed by atoms with Crippen LogP contribution in [0.1, 0.15) is 44.5 Å². The van der Waals surface area contributed by atoms with E-state index in [0.717, 1.165) is 0 Å². The molecule has 0 aliphatic heterocycles. The van der Waals surface area contributed by atoms with E-state index in [0.29, 0.717) is 0 Å². The van der Waals surface area contributed by atoms with Gasteiger partial charge < -0.3 is 4.57 Å². The van der Waals surface area contributed by atoms with Gasteiger partial charge in [0.2, 0.25) is 0 Å². The zero-order valence-electron chi connectivity index (χ0n) is 34.5. The summed E-state index contributed by atoms with van der Waals surface area (Å²) >= 11 is 0. The Labute approximate surface area is 366 Å². The van der Waals surface area contributed by atoms with Crippen LogP contribution in [0.3, 0.4) is 0 Å². The van der Waals surface area contributed by atoms with E-state index in [9.17, 15) is 0 Å². The molecule has 14 rings (SSSR count). The molecule has 1 aromatic heterocycles. The second kappa shape index (κ2) is 12.8. The quantitative estimate of drug-likeness (QED) is 0.168. The maximum atomic E-state index is 2.57. The van der Waals surface area contributed by atoms with E-state index in [4.69, 9.17) is 0 Å². The number of aromatic nitrogens is 1. The van der Waals surface area contributed by atoms with Crippen LogP contribution in [0.5, 0.6) is 0 Å². The highest BCUT2D eigenvalue weighted by Gasteiger charge is 2.59. The van der Waals surface area contributed by atoms with Crippen molar-refractivity contribution in [1.82, 2.24) is 4.57 Å². The average Bonchev–Trinajstić information content (AvgIpc) is 3.96. The summed E-state index contributed by atoms with van der Waals surface area (Å²) in [6, 6.07) is 89.1. The summed E-state index contributed by atoms with van der Waals surface area (Å²) in [5, 5.41) is 2.49. The van der Waals surface area contributed by atoms with E-state index in [-0.39, 0.29) is 0 Å². The van der Waals surface area contributed by atoms with Gasteiger partial charge in [-0.05, 0) is 102 Å². The molecule has 0 saturated carbocycles. The summed E-state index contributed by atoms with van der Waals surface area (Å²) in [6.45, 7) is 0. The van der Waals surface area contributed by atoms with Crippen LogP contribution in [0.25, 0.3) is 72.0 Å². The largest absolute Gasteiger partial charge is 0.309 e. The van der Waals surface area contributed by atoms with Crippen LogP contribution in [0.4, 0.5) is 0 Å². The zero-order valence-corrected chi connectivity index (χ0v) is 34.5. The summed E-state index contributed by atoms with van der Waals surface area (Å²) in [7, 11) is 0. The van der Waals surface area contributed by atoms with Gasteiger partial charge in [-0.2, -0.15) is 0 Å². The average molecular weight is 798 g/mol. The number of nitrogens with zero attached hydrogens (tertiary/aromatic N) is 1. The minimum Gasteiger partial charge on any atom is -0.309 e. The fourth-order valence-corrected chi connectivity index (χ4v) is 12.4. The van der Waals surface area contributed by atoms with Crippen LogP contribution < -0.4 is 0 Å². The molecule has 1 heterocycles. The smallest absolute Gasteiger partial charge is 0.0720 e. The van der Waals surface area contributed by atoms with Crippen LogP contribution in [-0.2, 0) is 10.8 Å². The summed E-state index contributed by atoms with van der Waals surface area (Å²) in [5.74, 6) is 0. The van der Waals surface area contributed by atoms with Gasteiger partial charge in [-0.25, -0.2) is 0 Å². The molecule has 3 aliphatic rings. The molecule has 0 saturated heterocycles. The molecule has 1 nitrogen and oxygen atoms in total. The minimum atomic E-state index is -0.573. The lowest BCUT2D eigenvalue weighted by molar-refractivity contribution is 0.633. The van der Waals surface area contributed by atoms with Crippen LogP contribution >= 0.6 is 0 Å². The highest BCUT2D eigenvalue weighted by molar-refractivity contribution is 6.12. The number of rotatable bonds is 3. The molecule has 3 aliphatic carbocycles. The molecular formula is C62H39N. The molecule has 11 aromatic rings. The molecule has 0 N–H and O–H groups in total. The monoisotopic (exact) mass is 797 g/mol. The van der Waals surface area contributed by atoms with E-state index < -0.39 is 10.8 Å².